The summed E-state index contributed by atoms with van der Waals surface area (Å²) in [6.45, 7) is 5.95. The van der Waals surface area contributed by atoms with Gasteiger partial charge in [-0.05, 0) is 19.4 Å². The molecule has 0 fully saturated rings. The molecule has 0 saturated heterocycles. The van der Waals surface area contributed by atoms with Crippen LogP contribution in [-0.2, 0) is 0 Å². The van der Waals surface area contributed by atoms with Crippen LogP contribution >= 0.6 is 0 Å². The maximum atomic E-state index is 2.49. The van der Waals surface area contributed by atoms with E-state index >= 15 is 0 Å². The maximum Gasteiger partial charge on any atom is 1.00 e. The van der Waals surface area contributed by atoms with E-state index in [0.29, 0.717) is 0 Å². The Morgan fingerprint density at radius 3 is 2.80 bits per heavy atom. The van der Waals surface area contributed by atoms with Gasteiger partial charge in [-0.1, -0.05) is 19.1 Å². The van der Waals surface area contributed by atoms with Crippen molar-refractivity contribution in [1.82, 2.24) is 4.90 Å². The third-order valence-electron chi connectivity index (χ3n) is 1.68. The van der Waals surface area contributed by atoms with E-state index in [4.69, 9.17) is 0 Å². The Hall–Kier alpha value is 0.297. The molecule has 0 N–H and O–H groups in total. The van der Waals surface area contributed by atoms with E-state index in [1.54, 1.807) is 0 Å². The monoisotopic (exact) mass is 133 g/mol. The zero-order valence-corrected chi connectivity index (χ0v) is 7.14. The SMILES string of the molecule is CCCN1CC=CCC1.[H-].[Li+]. The molecular weight excluding hydrogens is 117 g/mol. The summed E-state index contributed by atoms with van der Waals surface area (Å²) in [6.07, 6.45) is 7.07. The van der Waals surface area contributed by atoms with Gasteiger partial charge in [0.15, 0.2) is 0 Å². The van der Waals surface area contributed by atoms with Gasteiger partial charge in [-0.2, -0.15) is 0 Å². The first-order chi connectivity index (χ1) is 4.43. The molecule has 0 aliphatic carbocycles. The third kappa shape index (κ3) is 3.46. The summed E-state index contributed by atoms with van der Waals surface area (Å²) in [5.41, 5.74) is 0. The fraction of sp³-hybridized carbons (Fsp3) is 0.750. The Labute approximate surface area is 77.1 Å². The van der Waals surface area contributed by atoms with Crippen molar-refractivity contribution in [1.29, 1.82) is 0 Å². The first kappa shape index (κ1) is 10.3. The normalized spacial score (nSPS) is 18.5. The Kier molecular flexibility index (Phi) is 6.22. The van der Waals surface area contributed by atoms with Crippen molar-refractivity contribution in [3.63, 3.8) is 0 Å². The molecule has 0 saturated carbocycles. The minimum atomic E-state index is 0. The van der Waals surface area contributed by atoms with Crippen molar-refractivity contribution in [2.45, 2.75) is 19.8 Å². The molecule has 0 aromatic carbocycles. The van der Waals surface area contributed by atoms with Crippen LogP contribution < -0.4 is 18.9 Å². The first-order valence-corrected chi connectivity index (χ1v) is 3.81. The molecule has 1 aliphatic rings. The van der Waals surface area contributed by atoms with Gasteiger partial charge in [0.25, 0.3) is 0 Å². The predicted molar refractivity (Wildman–Crippen MR) is 41.6 cm³/mol. The van der Waals surface area contributed by atoms with E-state index in [1.807, 2.05) is 0 Å². The summed E-state index contributed by atoms with van der Waals surface area (Å²) in [6, 6.07) is 0. The van der Waals surface area contributed by atoms with E-state index in [2.05, 4.69) is 24.0 Å². The fourth-order valence-corrected chi connectivity index (χ4v) is 1.21. The van der Waals surface area contributed by atoms with E-state index in [9.17, 15) is 0 Å². The number of hydrogen-bond donors (Lipinski definition) is 0. The largest absolute Gasteiger partial charge is 1.00 e. The topological polar surface area (TPSA) is 3.24 Å². The summed E-state index contributed by atoms with van der Waals surface area (Å²) in [5.74, 6) is 0. The molecule has 0 bridgehead atoms. The van der Waals surface area contributed by atoms with Crippen molar-refractivity contribution in [2.24, 2.45) is 0 Å². The van der Waals surface area contributed by atoms with Gasteiger partial charge in [-0.25, -0.2) is 0 Å². The second-order valence-electron chi connectivity index (χ2n) is 2.56. The van der Waals surface area contributed by atoms with Gasteiger partial charge < -0.3 is 1.43 Å². The summed E-state index contributed by atoms with van der Waals surface area (Å²) in [5, 5.41) is 0. The second-order valence-corrected chi connectivity index (χ2v) is 2.56. The quantitative estimate of drug-likeness (QED) is 0.337. The summed E-state index contributed by atoms with van der Waals surface area (Å²) >= 11 is 0. The molecule has 0 amide bonds. The molecule has 0 atom stereocenters. The van der Waals surface area contributed by atoms with Crippen molar-refractivity contribution in [3.05, 3.63) is 12.2 Å². The average Bonchev–Trinajstić information content (AvgIpc) is 1.91. The van der Waals surface area contributed by atoms with Gasteiger partial charge in [0, 0.05) is 13.1 Å². The molecule has 1 aliphatic heterocycles. The minimum absolute atomic E-state index is 0. The van der Waals surface area contributed by atoms with Crippen LogP contribution in [0.4, 0.5) is 0 Å². The molecular formula is C8H16LiN. The first-order valence-electron chi connectivity index (χ1n) is 3.81. The van der Waals surface area contributed by atoms with Gasteiger partial charge in [-0.15, -0.1) is 0 Å². The van der Waals surface area contributed by atoms with Crippen LogP contribution in [0, 0.1) is 0 Å². The van der Waals surface area contributed by atoms with Crippen LogP contribution in [0.2, 0.25) is 0 Å². The predicted octanol–water partition coefficient (Wildman–Crippen LogP) is -1.23. The summed E-state index contributed by atoms with van der Waals surface area (Å²) in [7, 11) is 0. The zero-order valence-electron chi connectivity index (χ0n) is 8.14. The molecule has 0 aromatic rings. The van der Waals surface area contributed by atoms with Gasteiger partial charge in [0.05, 0.1) is 0 Å². The number of rotatable bonds is 2. The van der Waals surface area contributed by atoms with Gasteiger partial charge in [-0.3, -0.25) is 4.90 Å². The Morgan fingerprint density at radius 1 is 1.50 bits per heavy atom. The van der Waals surface area contributed by atoms with Gasteiger partial charge in [0.2, 0.25) is 0 Å². The van der Waals surface area contributed by atoms with Crippen LogP contribution in [0.1, 0.15) is 21.2 Å². The molecule has 1 rings (SSSR count). The Bertz CT molecular complexity index is 106. The number of hydrogen-bond acceptors (Lipinski definition) is 1. The van der Waals surface area contributed by atoms with Crippen molar-refractivity contribution in [3.8, 4) is 0 Å². The van der Waals surface area contributed by atoms with E-state index in [-0.39, 0.29) is 20.3 Å². The number of nitrogens with zero attached hydrogens (tertiary/aromatic N) is 1. The molecule has 0 unspecified atom stereocenters. The summed E-state index contributed by atoms with van der Waals surface area (Å²) < 4.78 is 0. The van der Waals surface area contributed by atoms with Gasteiger partial charge in [0.1, 0.15) is 0 Å². The van der Waals surface area contributed by atoms with Crippen molar-refractivity contribution < 1.29 is 20.3 Å². The van der Waals surface area contributed by atoms with Gasteiger partial charge >= 0.3 is 18.9 Å². The smallest absolute Gasteiger partial charge is 1.00 e. The van der Waals surface area contributed by atoms with E-state index in [1.165, 1.54) is 32.5 Å². The third-order valence-corrected chi connectivity index (χ3v) is 1.68. The van der Waals surface area contributed by atoms with Crippen LogP contribution in [0.5, 0.6) is 0 Å². The minimum Gasteiger partial charge on any atom is -1.00 e. The molecule has 54 valence electrons. The standard InChI is InChI=1S/C8H15N.Li.H/c1-2-6-9-7-4-3-5-8-9;;/h3-4H,2,5-8H2,1H3;;/q;+1;-1. The Balaban J connectivity index is 0. The van der Waals surface area contributed by atoms with Crippen LogP contribution in [0.25, 0.3) is 0 Å². The summed E-state index contributed by atoms with van der Waals surface area (Å²) in [4.78, 5) is 2.49. The van der Waals surface area contributed by atoms with Crippen LogP contribution in [0.3, 0.4) is 0 Å². The molecule has 2 heteroatoms. The fourth-order valence-electron chi connectivity index (χ4n) is 1.21. The Morgan fingerprint density at radius 2 is 2.30 bits per heavy atom. The maximum absolute atomic E-state index is 2.49. The molecule has 0 aromatic heterocycles. The molecule has 1 heterocycles. The molecule has 1 nitrogen and oxygen atoms in total. The molecule has 0 radical (unpaired) electrons. The van der Waals surface area contributed by atoms with Crippen molar-refractivity contribution >= 4 is 0 Å². The van der Waals surface area contributed by atoms with E-state index < -0.39 is 0 Å². The molecule has 0 spiro atoms. The molecule has 10 heavy (non-hydrogen) atoms. The van der Waals surface area contributed by atoms with Crippen LogP contribution in [0.15, 0.2) is 12.2 Å². The van der Waals surface area contributed by atoms with E-state index in [0.717, 1.165) is 0 Å². The average molecular weight is 133 g/mol. The zero-order chi connectivity index (χ0) is 6.53. The van der Waals surface area contributed by atoms with Crippen molar-refractivity contribution in [2.75, 3.05) is 19.6 Å². The van der Waals surface area contributed by atoms with Crippen LogP contribution in [-0.4, -0.2) is 24.5 Å². The second kappa shape index (κ2) is 6.04.